The van der Waals surface area contributed by atoms with Crippen molar-refractivity contribution < 1.29 is 9.53 Å². The molecule has 4 heteroatoms. The van der Waals surface area contributed by atoms with Crippen LogP contribution in [0.1, 0.15) is 17.3 Å². The average Bonchev–Trinajstić information content (AvgIpc) is 2.84. The maximum atomic E-state index is 12.1. The van der Waals surface area contributed by atoms with Crippen molar-refractivity contribution in [1.82, 2.24) is 10.3 Å². The summed E-state index contributed by atoms with van der Waals surface area (Å²) >= 11 is 0. The predicted molar refractivity (Wildman–Crippen MR) is 71.7 cm³/mol. The second-order valence-electron chi connectivity index (χ2n) is 4.52. The van der Waals surface area contributed by atoms with Crippen LogP contribution in [-0.4, -0.2) is 31.2 Å². The minimum Gasteiger partial charge on any atom is -0.384 e. The number of benzene rings is 1. The van der Waals surface area contributed by atoms with E-state index in [0.717, 1.165) is 10.9 Å². The Hall–Kier alpha value is -1.81. The number of ether oxygens (including phenoxy) is 1. The van der Waals surface area contributed by atoms with E-state index in [1.165, 1.54) is 0 Å². The number of fused-ring (bicyclic) bond motifs is 1. The van der Waals surface area contributed by atoms with E-state index in [4.69, 9.17) is 4.74 Å². The van der Waals surface area contributed by atoms with Crippen LogP contribution in [0.15, 0.2) is 30.5 Å². The number of H-pyrrole nitrogens is 1. The third-order valence-electron chi connectivity index (χ3n) is 2.90. The van der Waals surface area contributed by atoms with Crippen LogP contribution < -0.4 is 5.32 Å². The third kappa shape index (κ3) is 2.71. The molecule has 0 fully saturated rings. The molecule has 18 heavy (non-hydrogen) atoms. The maximum Gasteiger partial charge on any atom is 0.251 e. The van der Waals surface area contributed by atoms with E-state index < -0.39 is 0 Å². The van der Waals surface area contributed by atoms with Gasteiger partial charge in [0.1, 0.15) is 0 Å². The van der Waals surface area contributed by atoms with Crippen molar-refractivity contribution in [1.29, 1.82) is 0 Å². The Morgan fingerprint density at radius 1 is 1.44 bits per heavy atom. The molecule has 0 aliphatic carbocycles. The molecular formula is C14H18N2O2. The highest BCUT2D eigenvalue weighted by Crippen LogP contribution is 2.17. The van der Waals surface area contributed by atoms with Gasteiger partial charge in [-0.2, -0.15) is 0 Å². The summed E-state index contributed by atoms with van der Waals surface area (Å²) in [7, 11) is 1.67. The molecule has 2 rings (SSSR count). The standard InChI is InChI=1S/C14H18N2O2/c1-10(9-18-2)8-16-14(17)12-4-3-5-13-11(12)6-7-15-13/h3-7,10,15H,8-9H2,1-2H3,(H,16,17). The van der Waals surface area contributed by atoms with E-state index in [-0.39, 0.29) is 5.91 Å². The highest BCUT2D eigenvalue weighted by atomic mass is 16.5. The Bertz CT molecular complexity index is 533. The van der Waals surface area contributed by atoms with Crippen LogP contribution in [0.5, 0.6) is 0 Å². The number of hydrogen-bond acceptors (Lipinski definition) is 2. The van der Waals surface area contributed by atoms with Crippen LogP contribution in [0, 0.1) is 5.92 Å². The number of aromatic amines is 1. The molecule has 1 heterocycles. The highest BCUT2D eigenvalue weighted by molar-refractivity contribution is 6.06. The lowest BCUT2D eigenvalue weighted by Gasteiger charge is -2.11. The Balaban J connectivity index is 2.07. The van der Waals surface area contributed by atoms with Crippen LogP contribution >= 0.6 is 0 Å². The molecular weight excluding hydrogens is 228 g/mol. The van der Waals surface area contributed by atoms with E-state index in [1.807, 2.05) is 37.4 Å². The molecule has 1 aromatic heterocycles. The van der Waals surface area contributed by atoms with Gasteiger partial charge in [0, 0.05) is 36.3 Å². The SMILES string of the molecule is COCC(C)CNC(=O)c1cccc2[nH]ccc12. The highest BCUT2D eigenvalue weighted by Gasteiger charge is 2.11. The predicted octanol–water partition coefficient (Wildman–Crippen LogP) is 2.18. The normalized spacial score (nSPS) is 12.6. The monoisotopic (exact) mass is 246 g/mol. The van der Waals surface area contributed by atoms with Crippen molar-refractivity contribution in [3.05, 3.63) is 36.0 Å². The Kier molecular flexibility index (Phi) is 3.99. The molecule has 1 aromatic carbocycles. The molecule has 0 bridgehead atoms. The Morgan fingerprint density at radius 3 is 3.06 bits per heavy atom. The van der Waals surface area contributed by atoms with Gasteiger partial charge >= 0.3 is 0 Å². The number of amides is 1. The number of nitrogens with one attached hydrogen (secondary N) is 2. The molecule has 1 atom stereocenters. The zero-order valence-electron chi connectivity index (χ0n) is 10.7. The van der Waals surface area contributed by atoms with Gasteiger partial charge in [-0.1, -0.05) is 13.0 Å². The van der Waals surface area contributed by atoms with Crippen molar-refractivity contribution in [3.8, 4) is 0 Å². The summed E-state index contributed by atoms with van der Waals surface area (Å²) in [5.74, 6) is 0.271. The number of carbonyl (C=O) groups is 1. The summed E-state index contributed by atoms with van der Waals surface area (Å²) in [4.78, 5) is 15.2. The molecule has 0 radical (unpaired) electrons. The molecule has 2 N–H and O–H groups in total. The van der Waals surface area contributed by atoms with Gasteiger partial charge < -0.3 is 15.0 Å². The minimum atomic E-state index is -0.0387. The summed E-state index contributed by atoms with van der Waals surface area (Å²) in [6.07, 6.45) is 1.84. The summed E-state index contributed by atoms with van der Waals surface area (Å²) in [6, 6.07) is 7.60. The van der Waals surface area contributed by atoms with Gasteiger partial charge in [0.05, 0.1) is 6.61 Å². The van der Waals surface area contributed by atoms with Crippen molar-refractivity contribution >= 4 is 16.8 Å². The fourth-order valence-electron chi connectivity index (χ4n) is 1.99. The van der Waals surface area contributed by atoms with E-state index in [2.05, 4.69) is 10.3 Å². The van der Waals surface area contributed by atoms with E-state index in [0.29, 0.717) is 24.6 Å². The van der Waals surface area contributed by atoms with Crippen LogP contribution in [0.3, 0.4) is 0 Å². The summed E-state index contributed by atoms with van der Waals surface area (Å²) < 4.78 is 5.04. The molecule has 0 aliphatic rings. The Morgan fingerprint density at radius 2 is 2.28 bits per heavy atom. The first-order valence-corrected chi connectivity index (χ1v) is 6.05. The molecule has 0 aliphatic heterocycles. The fraction of sp³-hybridized carbons (Fsp3) is 0.357. The first-order valence-electron chi connectivity index (χ1n) is 6.05. The number of methoxy groups -OCH3 is 1. The topological polar surface area (TPSA) is 54.1 Å². The molecule has 4 nitrogen and oxygen atoms in total. The quantitative estimate of drug-likeness (QED) is 0.849. The largest absolute Gasteiger partial charge is 0.384 e. The maximum absolute atomic E-state index is 12.1. The molecule has 1 amide bonds. The van der Waals surface area contributed by atoms with Gasteiger partial charge in [0.25, 0.3) is 5.91 Å². The lowest BCUT2D eigenvalue weighted by Crippen LogP contribution is -2.29. The van der Waals surface area contributed by atoms with Gasteiger partial charge in [-0.25, -0.2) is 0 Å². The van der Waals surface area contributed by atoms with Crippen molar-refractivity contribution in [3.63, 3.8) is 0 Å². The summed E-state index contributed by atoms with van der Waals surface area (Å²) in [6.45, 7) is 3.31. The molecule has 0 spiro atoms. The number of carbonyl (C=O) groups excluding carboxylic acids is 1. The second-order valence-corrected chi connectivity index (χ2v) is 4.52. The van der Waals surface area contributed by atoms with E-state index in [1.54, 1.807) is 7.11 Å². The van der Waals surface area contributed by atoms with Crippen molar-refractivity contribution in [2.45, 2.75) is 6.92 Å². The second kappa shape index (κ2) is 5.69. The number of rotatable bonds is 5. The average molecular weight is 246 g/mol. The zero-order chi connectivity index (χ0) is 13.0. The number of aromatic nitrogens is 1. The van der Waals surface area contributed by atoms with Crippen LogP contribution in [0.2, 0.25) is 0 Å². The molecule has 0 saturated carbocycles. The first-order chi connectivity index (χ1) is 8.72. The van der Waals surface area contributed by atoms with Gasteiger partial charge in [0.2, 0.25) is 0 Å². The van der Waals surface area contributed by atoms with Crippen molar-refractivity contribution in [2.75, 3.05) is 20.3 Å². The van der Waals surface area contributed by atoms with Gasteiger partial charge in [-0.15, -0.1) is 0 Å². The molecule has 1 unspecified atom stereocenters. The van der Waals surface area contributed by atoms with Crippen molar-refractivity contribution in [2.24, 2.45) is 5.92 Å². The van der Waals surface area contributed by atoms with Crippen LogP contribution in [-0.2, 0) is 4.74 Å². The zero-order valence-corrected chi connectivity index (χ0v) is 10.7. The van der Waals surface area contributed by atoms with Gasteiger partial charge in [-0.05, 0) is 24.1 Å². The third-order valence-corrected chi connectivity index (χ3v) is 2.90. The smallest absolute Gasteiger partial charge is 0.251 e. The molecule has 2 aromatic rings. The molecule has 0 saturated heterocycles. The lowest BCUT2D eigenvalue weighted by molar-refractivity contribution is 0.0935. The summed E-state index contributed by atoms with van der Waals surface area (Å²) in [5.41, 5.74) is 1.69. The van der Waals surface area contributed by atoms with Gasteiger partial charge in [-0.3, -0.25) is 4.79 Å². The van der Waals surface area contributed by atoms with Crippen LogP contribution in [0.4, 0.5) is 0 Å². The minimum absolute atomic E-state index is 0.0387. The first kappa shape index (κ1) is 12.6. The van der Waals surface area contributed by atoms with E-state index in [9.17, 15) is 4.79 Å². The fourth-order valence-corrected chi connectivity index (χ4v) is 1.99. The van der Waals surface area contributed by atoms with E-state index >= 15 is 0 Å². The summed E-state index contributed by atoms with van der Waals surface area (Å²) in [5, 5.41) is 3.89. The van der Waals surface area contributed by atoms with Gasteiger partial charge in [0.15, 0.2) is 0 Å². The Labute approximate surface area is 106 Å². The molecule has 96 valence electrons. The lowest BCUT2D eigenvalue weighted by atomic mass is 10.1. The van der Waals surface area contributed by atoms with Crippen LogP contribution in [0.25, 0.3) is 10.9 Å². The number of hydrogen-bond donors (Lipinski definition) is 2.